The molecule has 0 heterocycles. The summed E-state index contributed by atoms with van der Waals surface area (Å²) in [6.07, 6.45) is -0.782. The van der Waals surface area contributed by atoms with E-state index in [9.17, 15) is 5.11 Å². The van der Waals surface area contributed by atoms with Gasteiger partial charge in [0.25, 0.3) is 0 Å². The van der Waals surface area contributed by atoms with Crippen LogP contribution in [0.3, 0.4) is 0 Å². The first-order valence-corrected chi connectivity index (χ1v) is 6.33. The highest BCUT2D eigenvalue weighted by atomic mass is 16.5. The van der Waals surface area contributed by atoms with E-state index >= 15 is 0 Å². The predicted molar refractivity (Wildman–Crippen MR) is 72.1 cm³/mol. The van der Waals surface area contributed by atoms with Crippen LogP contribution in [-0.2, 0) is 6.54 Å². The predicted octanol–water partition coefficient (Wildman–Crippen LogP) is 1.95. The maximum atomic E-state index is 9.47. The summed E-state index contributed by atoms with van der Waals surface area (Å²) in [4.78, 5) is 0. The van der Waals surface area contributed by atoms with Crippen LogP contribution in [-0.4, -0.2) is 31.0 Å². The number of hydrogen-bond acceptors (Lipinski definition) is 4. The second-order valence-electron chi connectivity index (χ2n) is 4.31. The van der Waals surface area contributed by atoms with E-state index in [1.807, 2.05) is 39.1 Å². The molecular formula is C14H23NO3. The Kier molecular flexibility index (Phi) is 5.95. The Morgan fingerprint density at radius 1 is 1.28 bits per heavy atom. The number of rotatable bonds is 7. The minimum atomic E-state index is -0.517. The van der Waals surface area contributed by atoms with Crippen molar-refractivity contribution in [2.75, 3.05) is 13.7 Å². The van der Waals surface area contributed by atoms with E-state index in [-0.39, 0.29) is 6.10 Å². The van der Waals surface area contributed by atoms with Crippen LogP contribution in [0.25, 0.3) is 0 Å². The first-order chi connectivity index (χ1) is 8.58. The Morgan fingerprint density at radius 2 is 2.00 bits per heavy atom. The number of nitrogens with one attached hydrogen (secondary N) is 1. The topological polar surface area (TPSA) is 50.7 Å². The second-order valence-corrected chi connectivity index (χ2v) is 4.31. The lowest BCUT2D eigenvalue weighted by molar-refractivity contribution is 0.0582. The molecule has 2 unspecified atom stereocenters. The van der Waals surface area contributed by atoms with Gasteiger partial charge in [0, 0.05) is 6.54 Å². The quantitative estimate of drug-likeness (QED) is 0.780. The third-order valence-corrected chi connectivity index (χ3v) is 2.68. The molecule has 0 radical (unpaired) electrons. The van der Waals surface area contributed by atoms with Gasteiger partial charge in [0.1, 0.15) is 6.10 Å². The van der Waals surface area contributed by atoms with E-state index in [0.29, 0.717) is 12.4 Å². The molecule has 1 rings (SSSR count). The lowest BCUT2D eigenvalue weighted by atomic mass is 10.2. The minimum Gasteiger partial charge on any atom is -0.490 e. The van der Waals surface area contributed by atoms with Crippen LogP contribution >= 0.6 is 0 Å². The lowest BCUT2D eigenvalue weighted by Gasteiger charge is -2.20. The fourth-order valence-electron chi connectivity index (χ4n) is 1.53. The fourth-order valence-corrected chi connectivity index (χ4v) is 1.53. The van der Waals surface area contributed by atoms with E-state index in [4.69, 9.17) is 9.47 Å². The maximum Gasteiger partial charge on any atom is 0.161 e. The van der Waals surface area contributed by atoms with Gasteiger partial charge in [-0.2, -0.15) is 0 Å². The third kappa shape index (κ3) is 4.20. The van der Waals surface area contributed by atoms with Crippen LogP contribution in [0, 0.1) is 0 Å². The van der Waals surface area contributed by atoms with E-state index in [1.165, 1.54) is 0 Å². The van der Waals surface area contributed by atoms with Crippen molar-refractivity contribution in [2.45, 2.75) is 39.5 Å². The van der Waals surface area contributed by atoms with Crippen LogP contribution in [0.4, 0.5) is 0 Å². The Balaban J connectivity index is 2.88. The van der Waals surface area contributed by atoms with Gasteiger partial charge in [-0.25, -0.2) is 0 Å². The van der Waals surface area contributed by atoms with Crippen LogP contribution < -0.4 is 14.8 Å². The van der Waals surface area contributed by atoms with Crippen LogP contribution in [0.1, 0.15) is 26.3 Å². The molecule has 0 fully saturated rings. The summed E-state index contributed by atoms with van der Waals surface area (Å²) in [6, 6.07) is 5.84. The van der Waals surface area contributed by atoms with Crippen molar-refractivity contribution in [3.05, 3.63) is 23.8 Å². The van der Waals surface area contributed by atoms with Gasteiger partial charge in [-0.1, -0.05) is 6.07 Å². The fraction of sp³-hybridized carbons (Fsp3) is 0.571. The van der Waals surface area contributed by atoms with Crippen molar-refractivity contribution < 1.29 is 14.6 Å². The van der Waals surface area contributed by atoms with Gasteiger partial charge >= 0.3 is 0 Å². The smallest absolute Gasteiger partial charge is 0.161 e. The van der Waals surface area contributed by atoms with Crippen molar-refractivity contribution in [1.82, 2.24) is 5.32 Å². The van der Waals surface area contributed by atoms with Crippen molar-refractivity contribution in [1.29, 1.82) is 0 Å². The molecule has 4 nitrogen and oxygen atoms in total. The Morgan fingerprint density at radius 3 is 2.56 bits per heavy atom. The molecule has 102 valence electrons. The Bertz CT molecular complexity index is 366. The molecule has 0 saturated carbocycles. The van der Waals surface area contributed by atoms with E-state index in [0.717, 1.165) is 17.9 Å². The summed E-state index contributed by atoms with van der Waals surface area (Å²) in [5.74, 6) is 1.39. The molecule has 4 heteroatoms. The van der Waals surface area contributed by atoms with Crippen LogP contribution in [0.5, 0.6) is 11.5 Å². The Hall–Kier alpha value is -1.26. The SMILES string of the molecule is CCOc1cc(CNC)ccc1OC(C)C(C)O. The first-order valence-electron chi connectivity index (χ1n) is 6.33. The zero-order valence-corrected chi connectivity index (χ0v) is 11.6. The molecule has 1 aromatic rings. The molecule has 18 heavy (non-hydrogen) atoms. The monoisotopic (exact) mass is 253 g/mol. The molecule has 0 amide bonds. The number of aliphatic hydroxyl groups is 1. The molecule has 0 spiro atoms. The largest absolute Gasteiger partial charge is 0.490 e. The summed E-state index contributed by atoms with van der Waals surface area (Å²) in [5, 5.41) is 12.6. The van der Waals surface area contributed by atoms with Crippen molar-refractivity contribution in [2.24, 2.45) is 0 Å². The summed E-state index contributed by atoms with van der Waals surface area (Å²) in [5.41, 5.74) is 1.14. The van der Waals surface area contributed by atoms with Crippen molar-refractivity contribution in [3.63, 3.8) is 0 Å². The highest BCUT2D eigenvalue weighted by Crippen LogP contribution is 2.29. The lowest BCUT2D eigenvalue weighted by Crippen LogP contribution is -2.25. The van der Waals surface area contributed by atoms with Crippen LogP contribution in [0.15, 0.2) is 18.2 Å². The number of benzene rings is 1. The molecule has 0 saturated heterocycles. The van der Waals surface area contributed by atoms with Gasteiger partial charge in [-0.3, -0.25) is 0 Å². The van der Waals surface area contributed by atoms with Gasteiger partial charge in [0.15, 0.2) is 11.5 Å². The summed E-state index contributed by atoms with van der Waals surface area (Å²) < 4.78 is 11.3. The molecular weight excluding hydrogens is 230 g/mol. The molecule has 1 aromatic carbocycles. The zero-order chi connectivity index (χ0) is 13.5. The molecule has 0 aliphatic heterocycles. The highest BCUT2D eigenvalue weighted by Gasteiger charge is 2.14. The maximum absolute atomic E-state index is 9.47. The second kappa shape index (κ2) is 7.24. The normalized spacial score (nSPS) is 14.1. The van der Waals surface area contributed by atoms with Gasteiger partial charge in [-0.05, 0) is 45.5 Å². The van der Waals surface area contributed by atoms with E-state index in [2.05, 4.69) is 5.32 Å². The van der Waals surface area contributed by atoms with Gasteiger partial charge in [0.05, 0.1) is 12.7 Å². The molecule has 0 bridgehead atoms. The number of ether oxygens (including phenoxy) is 2. The first kappa shape index (κ1) is 14.8. The zero-order valence-electron chi connectivity index (χ0n) is 11.6. The molecule has 0 aliphatic carbocycles. The van der Waals surface area contributed by atoms with Gasteiger partial charge in [-0.15, -0.1) is 0 Å². The molecule has 2 atom stereocenters. The summed E-state index contributed by atoms with van der Waals surface area (Å²) in [6.45, 7) is 6.85. The van der Waals surface area contributed by atoms with Crippen molar-refractivity contribution >= 4 is 0 Å². The third-order valence-electron chi connectivity index (χ3n) is 2.68. The van der Waals surface area contributed by atoms with Gasteiger partial charge < -0.3 is 19.9 Å². The summed E-state index contributed by atoms with van der Waals surface area (Å²) >= 11 is 0. The molecule has 2 N–H and O–H groups in total. The average molecular weight is 253 g/mol. The van der Waals surface area contributed by atoms with E-state index < -0.39 is 6.10 Å². The number of hydrogen-bond donors (Lipinski definition) is 2. The number of aliphatic hydroxyl groups excluding tert-OH is 1. The van der Waals surface area contributed by atoms with E-state index in [1.54, 1.807) is 6.92 Å². The highest BCUT2D eigenvalue weighted by molar-refractivity contribution is 5.43. The average Bonchev–Trinajstić information content (AvgIpc) is 2.33. The van der Waals surface area contributed by atoms with Crippen molar-refractivity contribution in [3.8, 4) is 11.5 Å². The minimum absolute atomic E-state index is 0.264. The van der Waals surface area contributed by atoms with Gasteiger partial charge in [0.2, 0.25) is 0 Å². The van der Waals surface area contributed by atoms with Crippen LogP contribution in [0.2, 0.25) is 0 Å². The summed E-state index contributed by atoms with van der Waals surface area (Å²) in [7, 11) is 1.90. The Labute approximate surface area is 109 Å². The standard InChI is InChI=1S/C14H23NO3/c1-5-17-14-8-12(9-15-4)6-7-13(14)18-11(3)10(2)16/h6-8,10-11,15-16H,5,9H2,1-4H3. The molecule has 0 aliphatic rings. The molecule has 0 aromatic heterocycles.